The quantitative estimate of drug-likeness (QED) is 0.334. The number of hydrogen-bond acceptors (Lipinski definition) is 4. The summed E-state index contributed by atoms with van der Waals surface area (Å²) in [7, 11) is 0. The van der Waals surface area contributed by atoms with Crippen molar-refractivity contribution in [2.75, 3.05) is 6.61 Å². The average molecular weight is 508 g/mol. The second-order valence-corrected chi connectivity index (χ2v) is 9.61. The molecule has 2 aromatic carbocycles. The summed E-state index contributed by atoms with van der Waals surface area (Å²) in [4.78, 5) is 25.4. The lowest BCUT2D eigenvalue weighted by molar-refractivity contribution is -0.162. The fraction of sp³-hybridized carbons (Fsp3) is 0.417. The monoisotopic (exact) mass is 508 g/mol. The van der Waals surface area contributed by atoms with Gasteiger partial charge < -0.3 is 9.47 Å². The molecule has 0 bridgehead atoms. The minimum absolute atomic E-state index is 0.0265. The molecule has 0 aliphatic heterocycles. The van der Waals surface area contributed by atoms with Crippen molar-refractivity contribution in [1.82, 2.24) is 0 Å². The van der Waals surface area contributed by atoms with Crippen LogP contribution in [0.1, 0.15) is 51.7 Å². The Morgan fingerprint density at radius 1 is 0.966 bits per heavy atom. The SMILES string of the molecule is CC(C)(C)OC(=O)C(C)(CCC(=O)COCc1ccccc1)c1cccc(I)c1. The van der Waals surface area contributed by atoms with Crippen molar-refractivity contribution >= 4 is 34.3 Å². The number of hydrogen-bond donors (Lipinski definition) is 0. The molecule has 156 valence electrons. The molecule has 0 aliphatic rings. The first-order valence-electron chi connectivity index (χ1n) is 9.73. The molecule has 2 aromatic rings. The highest BCUT2D eigenvalue weighted by Gasteiger charge is 2.39. The first-order chi connectivity index (χ1) is 13.6. The van der Waals surface area contributed by atoms with Crippen LogP contribution in [0.4, 0.5) is 0 Å². The Hall–Kier alpha value is -1.73. The molecule has 0 aromatic heterocycles. The van der Waals surface area contributed by atoms with Crippen LogP contribution in [-0.2, 0) is 31.1 Å². The predicted molar refractivity (Wildman–Crippen MR) is 123 cm³/mol. The number of esters is 1. The van der Waals surface area contributed by atoms with Crippen LogP contribution in [0.2, 0.25) is 0 Å². The zero-order valence-electron chi connectivity index (χ0n) is 17.5. The van der Waals surface area contributed by atoms with Crippen LogP contribution in [0.5, 0.6) is 0 Å². The molecule has 1 unspecified atom stereocenters. The van der Waals surface area contributed by atoms with E-state index in [9.17, 15) is 9.59 Å². The number of Topliss-reactive ketones (excluding diaryl/α,β-unsaturated/α-hetero) is 1. The van der Waals surface area contributed by atoms with Crippen LogP contribution in [0.15, 0.2) is 54.6 Å². The van der Waals surface area contributed by atoms with E-state index in [0.717, 1.165) is 14.7 Å². The highest BCUT2D eigenvalue weighted by molar-refractivity contribution is 14.1. The summed E-state index contributed by atoms with van der Waals surface area (Å²) in [5.74, 6) is -0.341. The van der Waals surface area contributed by atoms with Crippen LogP contribution in [-0.4, -0.2) is 24.0 Å². The molecular formula is C24H29IO4. The Morgan fingerprint density at radius 3 is 2.28 bits per heavy atom. The van der Waals surface area contributed by atoms with E-state index in [0.29, 0.717) is 13.0 Å². The van der Waals surface area contributed by atoms with Gasteiger partial charge in [0.15, 0.2) is 5.78 Å². The van der Waals surface area contributed by atoms with Gasteiger partial charge in [-0.05, 0) is 80.0 Å². The summed E-state index contributed by atoms with van der Waals surface area (Å²) in [6, 6.07) is 17.5. The standard InChI is InChI=1S/C24H29IO4/c1-23(2,3)29-22(27)24(4,19-11-8-12-20(25)15-19)14-13-21(26)17-28-16-18-9-6-5-7-10-18/h5-12,15H,13-14,16-17H2,1-4H3. The van der Waals surface area contributed by atoms with Gasteiger partial charge in [0.1, 0.15) is 12.2 Å². The van der Waals surface area contributed by atoms with Crippen LogP contribution in [0.3, 0.4) is 0 Å². The fourth-order valence-electron chi connectivity index (χ4n) is 2.91. The predicted octanol–water partition coefficient (Wildman–Crippen LogP) is 5.46. The van der Waals surface area contributed by atoms with Gasteiger partial charge in [-0.2, -0.15) is 0 Å². The Labute approximate surface area is 187 Å². The fourth-order valence-corrected chi connectivity index (χ4v) is 3.45. The number of rotatable bonds is 9. The third kappa shape index (κ3) is 7.55. The third-order valence-corrected chi connectivity index (χ3v) is 5.26. The molecule has 0 heterocycles. The summed E-state index contributed by atoms with van der Waals surface area (Å²) in [5.41, 5.74) is 0.390. The van der Waals surface area contributed by atoms with E-state index < -0.39 is 11.0 Å². The summed E-state index contributed by atoms with van der Waals surface area (Å²) in [6.07, 6.45) is 0.617. The Morgan fingerprint density at radius 2 is 1.66 bits per heavy atom. The van der Waals surface area contributed by atoms with Gasteiger partial charge in [-0.25, -0.2) is 0 Å². The van der Waals surface area contributed by atoms with Gasteiger partial charge in [-0.1, -0.05) is 42.5 Å². The van der Waals surface area contributed by atoms with E-state index in [1.807, 2.05) is 82.3 Å². The Kier molecular flexibility index (Phi) is 8.40. The van der Waals surface area contributed by atoms with Crippen molar-refractivity contribution in [3.63, 3.8) is 0 Å². The minimum Gasteiger partial charge on any atom is -0.459 e. The molecule has 2 rings (SSSR count). The molecule has 0 radical (unpaired) electrons. The summed E-state index contributed by atoms with van der Waals surface area (Å²) in [5, 5.41) is 0. The van der Waals surface area contributed by atoms with Gasteiger partial charge >= 0.3 is 5.97 Å². The third-order valence-electron chi connectivity index (χ3n) is 4.59. The van der Waals surface area contributed by atoms with Crippen molar-refractivity contribution in [2.24, 2.45) is 0 Å². The van der Waals surface area contributed by atoms with Gasteiger partial charge in [0, 0.05) is 9.99 Å². The number of carbonyl (C=O) groups is 2. The second-order valence-electron chi connectivity index (χ2n) is 8.36. The van der Waals surface area contributed by atoms with E-state index in [4.69, 9.17) is 9.47 Å². The molecular weight excluding hydrogens is 479 g/mol. The molecule has 4 nitrogen and oxygen atoms in total. The van der Waals surface area contributed by atoms with Gasteiger partial charge in [-0.15, -0.1) is 0 Å². The van der Waals surface area contributed by atoms with E-state index in [1.54, 1.807) is 0 Å². The maximum absolute atomic E-state index is 13.0. The topological polar surface area (TPSA) is 52.6 Å². The molecule has 0 N–H and O–H groups in total. The smallest absolute Gasteiger partial charge is 0.316 e. The number of carbonyl (C=O) groups excluding carboxylic acids is 2. The number of halogens is 1. The lowest BCUT2D eigenvalue weighted by Crippen LogP contribution is -2.39. The van der Waals surface area contributed by atoms with Crippen molar-refractivity contribution in [1.29, 1.82) is 0 Å². The molecule has 0 amide bonds. The van der Waals surface area contributed by atoms with Crippen molar-refractivity contribution < 1.29 is 19.1 Å². The normalized spacial score (nSPS) is 13.6. The largest absolute Gasteiger partial charge is 0.459 e. The first kappa shape index (κ1) is 23.5. The van der Waals surface area contributed by atoms with Crippen LogP contribution < -0.4 is 0 Å². The molecule has 1 atom stereocenters. The molecule has 0 spiro atoms. The molecule has 0 saturated heterocycles. The maximum atomic E-state index is 13.0. The molecule has 0 saturated carbocycles. The van der Waals surface area contributed by atoms with Crippen molar-refractivity contribution in [3.8, 4) is 0 Å². The van der Waals surface area contributed by atoms with Crippen molar-refractivity contribution in [2.45, 2.75) is 58.2 Å². The maximum Gasteiger partial charge on any atom is 0.316 e. The van der Waals surface area contributed by atoms with Crippen LogP contribution >= 0.6 is 22.6 Å². The Balaban J connectivity index is 2.03. The van der Waals surface area contributed by atoms with Gasteiger partial charge in [-0.3, -0.25) is 9.59 Å². The van der Waals surface area contributed by atoms with Crippen LogP contribution in [0, 0.1) is 3.57 Å². The average Bonchev–Trinajstić information content (AvgIpc) is 2.65. The van der Waals surface area contributed by atoms with Crippen LogP contribution in [0.25, 0.3) is 0 Å². The van der Waals surface area contributed by atoms with Gasteiger partial charge in [0.2, 0.25) is 0 Å². The lowest BCUT2D eigenvalue weighted by Gasteiger charge is -2.32. The first-order valence-corrected chi connectivity index (χ1v) is 10.8. The van der Waals surface area contributed by atoms with Gasteiger partial charge in [0.25, 0.3) is 0 Å². The highest BCUT2D eigenvalue weighted by Crippen LogP contribution is 2.33. The van der Waals surface area contributed by atoms with E-state index >= 15 is 0 Å². The molecule has 29 heavy (non-hydrogen) atoms. The second kappa shape index (κ2) is 10.3. The zero-order valence-corrected chi connectivity index (χ0v) is 19.7. The summed E-state index contributed by atoms with van der Waals surface area (Å²) < 4.78 is 12.3. The number of ketones is 1. The summed E-state index contributed by atoms with van der Waals surface area (Å²) >= 11 is 2.22. The Bertz CT molecular complexity index is 826. The van der Waals surface area contributed by atoms with Crippen molar-refractivity contribution in [3.05, 3.63) is 69.3 Å². The zero-order chi connectivity index (χ0) is 21.5. The van der Waals surface area contributed by atoms with E-state index in [2.05, 4.69) is 22.6 Å². The number of benzene rings is 2. The molecule has 5 heteroatoms. The van der Waals surface area contributed by atoms with E-state index in [1.165, 1.54) is 0 Å². The highest BCUT2D eigenvalue weighted by atomic mass is 127. The number of ether oxygens (including phenoxy) is 2. The lowest BCUT2D eigenvalue weighted by atomic mass is 9.78. The summed E-state index contributed by atoms with van der Waals surface area (Å²) in [6.45, 7) is 7.83. The molecule has 0 aliphatic carbocycles. The minimum atomic E-state index is -0.899. The molecule has 0 fully saturated rings. The van der Waals surface area contributed by atoms with Gasteiger partial charge in [0.05, 0.1) is 12.0 Å². The van der Waals surface area contributed by atoms with E-state index in [-0.39, 0.29) is 24.8 Å².